The van der Waals surface area contributed by atoms with E-state index in [1.54, 1.807) is 6.20 Å². The molecule has 1 aromatic rings. The SMILES string of the molecule is Cl.Cl.NCCc1ccnc(N)c1. The van der Waals surface area contributed by atoms with Crippen LogP contribution in [-0.2, 0) is 6.42 Å². The Morgan fingerprint density at radius 3 is 2.50 bits per heavy atom. The van der Waals surface area contributed by atoms with Gasteiger partial charge in [-0.05, 0) is 30.7 Å². The monoisotopic (exact) mass is 209 g/mol. The smallest absolute Gasteiger partial charge is 0.123 e. The largest absolute Gasteiger partial charge is 0.384 e. The number of pyridine rings is 1. The first-order valence-electron chi connectivity index (χ1n) is 3.23. The van der Waals surface area contributed by atoms with E-state index in [1.165, 1.54) is 0 Å². The highest BCUT2D eigenvalue weighted by Gasteiger charge is 1.90. The van der Waals surface area contributed by atoms with Crippen molar-refractivity contribution in [1.82, 2.24) is 4.98 Å². The van der Waals surface area contributed by atoms with Crippen molar-refractivity contribution in [1.29, 1.82) is 0 Å². The summed E-state index contributed by atoms with van der Waals surface area (Å²) in [6.45, 7) is 0.656. The van der Waals surface area contributed by atoms with E-state index in [1.807, 2.05) is 12.1 Å². The first-order chi connectivity index (χ1) is 4.83. The summed E-state index contributed by atoms with van der Waals surface area (Å²) < 4.78 is 0. The molecule has 12 heavy (non-hydrogen) atoms. The molecule has 0 atom stereocenters. The van der Waals surface area contributed by atoms with Gasteiger partial charge in [0, 0.05) is 6.20 Å². The molecule has 0 aliphatic carbocycles. The van der Waals surface area contributed by atoms with Crippen molar-refractivity contribution in [2.75, 3.05) is 12.3 Å². The second-order valence-corrected chi connectivity index (χ2v) is 2.13. The highest BCUT2D eigenvalue weighted by molar-refractivity contribution is 5.85. The second kappa shape index (κ2) is 7.16. The zero-order chi connectivity index (χ0) is 7.40. The van der Waals surface area contributed by atoms with Crippen LogP contribution in [0.3, 0.4) is 0 Å². The maximum Gasteiger partial charge on any atom is 0.123 e. The summed E-state index contributed by atoms with van der Waals surface area (Å²) in [4.78, 5) is 3.86. The average molecular weight is 210 g/mol. The molecule has 0 spiro atoms. The van der Waals surface area contributed by atoms with Gasteiger partial charge in [0.05, 0.1) is 0 Å². The van der Waals surface area contributed by atoms with Crippen LogP contribution in [0.2, 0.25) is 0 Å². The Balaban J connectivity index is 0. The molecule has 0 saturated heterocycles. The van der Waals surface area contributed by atoms with Crippen molar-refractivity contribution in [2.24, 2.45) is 5.73 Å². The molecule has 0 saturated carbocycles. The normalized spacial score (nSPS) is 8.08. The highest BCUT2D eigenvalue weighted by Crippen LogP contribution is 2.01. The van der Waals surface area contributed by atoms with Crippen LogP contribution in [-0.4, -0.2) is 11.5 Å². The van der Waals surface area contributed by atoms with E-state index in [2.05, 4.69) is 4.98 Å². The molecule has 1 rings (SSSR count). The number of nitrogens with two attached hydrogens (primary N) is 2. The van der Waals surface area contributed by atoms with E-state index < -0.39 is 0 Å². The molecule has 0 fully saturated rings. The fourth-order valence-electron chi connectivity index (χ4n) is 0.817. The summed E-state index contributed by atoms with van der Waals surface area (Å²) in [5.41, 5.74) is 11.9. The molecule has 3 nitrogen and oxygen atoms in total. The fourth-order valence-corrected chi connectivity index (χ4v) is 0.817. The van der Waals surface area contributed by atoms with Crippen molar-refractivity contribution >= 4 is 30.6 Å². The Bertz CT molecular complexity index is 218. The Kier molecular flexibility index (Phi) is 8.37. The van der Waals surface area contributed by atoms with Crippen LogP contribution in [0.4, 0.5) is 5.82 Å². The van der Waals surface area contributed by atoms with E-state index in [-0.39, 0.29) is 24.8 Å². The van der Waals surface area contributed by atoms with Gasteiger partial charge in [-0.2, -0.15) is 0 Å². The van der Waals surface area contributed by atoms with Crippen molar-refractivity contribution < 1.29 is 0 Å². The molecular weight excluding hydrogens is 197 g/mol. The van der Waals surface area contributed by atoms with Gasteiger partial charge >= 0.3 is 0 Å². The van der Waals surface area contributed by atoms with Gasteiger partial charge in [0.1, 0.15) is 5.82 Å². The van der Waals surface area contributed by atoms with Crippen molar-refractivity contribution in [3.63, 3.8) is 0 Å². The summed E-state index contributed by atoms with van der Waals surface area (Å²) in [5.74, 6) is 0.561. The minimum Gasteiger partial charge on any atom is -0.384 e. The van der Waals surface area contributed by atoms with Gasteiger partial charge in [-0.15, -0.1) is 24.8 Å². The van der Waals surface area contributed by atoms with Gasteiger partial charge in [0.15, 0.2) is 0 Å². The minimum absolute atomic E-state index is 0. The molecule has 1 aromatic heterocycles. The van der Waals surface area contributed by atoms with Crippen LogP contribution in [0.1, 0.15) is 5.56 Å². The zero-order valence-electron chi connectivity index (χ0n) is 6.56. The van der Waals surface area contributed by atoms with Crippen LogP contribution in [0.15, 0.2) is 18.3 Å². The number of nitrogen functional groups attached to an aromatic ring is 1. The van der Waals surface area contributed by atoms with Gasteiger partial charge in [0.2, 0.25) is 0 Å². The van der Waals surface area contributed by atoms with E-state index in [0.29, 0.717) is 12.4 Å². The summed E-state index contributed by atoms with van der Waals surface area (Å²) >= 11 is 0. The third-order valence-corrected chi connectivity index (χ3v) is 1.28. The van der Waals surface area contributed by atoms with Crippen LogP contribution < -0.4 is 11.5 Å². The van der Waals surface area contributed by atoms with Crippen LogP contribution >= 0.6 is 24.8 Å². The van der Waals surface area contributed by atoms with Gasteiger partial charge in [-0.1, -0.05) is 0 Å². The molecule has 1 heterocycles. The van der Waals surface area contributed by atoms with Crippen molar-refractivity contribution in [3.8, 4) is 0 Å². The quantitative estimate of drug-likeness (QED) is 0.765. The van der Waals surface area contributed by atoms with Crippen LogP contribution in [0, 0.1) is 0 Å². The average Bonchev–Trinajstić information content (AvgIpc) is 1.88. The van der Waals surface area contributed by atoms with E-state index >= 15 is 0 Å². The molecular formula is C7H13Cl2N3. The first kappa shape index (κ1) is 14.0. The van der Waals surface area contributed by atoms with Crippen LogP contribution in [0.5, 0.6) is 0 Å². The molecule has 0 aromatic carbocycles. The minimum atomic E-state index is 0. The van der Waals surface area contributed by atoms with E-state index in [0.717, 1.165) is 12.0 Å². The maximum atomic E-state index is 5.44. The Hall–Kier alpha value is -0.510. The standard InChI is InChI=1S/C7H11N3.2ClH/c8-3-1-6-2-4-10-7(9)5-6;;/h2,4-5H,1,3,8H2,(H2,9,10);2*1H. The zero-order valence-corrected chi connectivity index (χ0v) is 8.20. The summed E-state index contributed by atoms with van der Waals surface area (Å²) in [6, 6.07) is 3.76. The summed E-state index contributed by atoms with van der Waals surface area (Å²) in [6.07, 6.45) is 2.56. The number of hydrogen-bond donors (Lipinski definition) is 2. The number of aromatic nitrogens is 1. The lowest BCUT2D eigenvalue weighted by molar-refractivity contribution is 0.965. The van der Waals surface area contributed by atoms with Gasteiger partial charge < -0.3 is 11.5 Å². The van der Waals surface area contributed by atoms with Gasteiger partial charge in [-0.25, -0.2) is 4.98 Å². The molecule has 0 bridgehead atoms. The lowest BCUT2D eigenvalue weighted by Crippen LogP contribution is -2.03. The number of hydrogen-bond acceptors (Lipinski definition) is 3. The predicted octanol–water partition coefficient (Wildman–Crippen LogP) is 1.01. The lowest BCUT2D eigenvalue weighted by atomic mass is 10.2. The predicted molar refractivity (Wildman–Crippen MR) is 55.9 cm³/mol. The van der Waals surface area contributed by atoms with Crippen molar-refractivity contribution in [2.45, 2.75) is 6.42 Å². The van der Waals surface area contributed by atoms with Gasteiger partial charge in [-0.3, -0.25) is 0 Å². The molecule has 0 aliphatic heterocycles. The fraction of sp³-hybridized carbons (Fsp3) is 0.286. The number of anilines is 1. The summed E-state index contributed by atoms with van der Waals surface area (Å²) in [5, 5.41) is 0. The lowest BCUT2D eigenvalue weighted by Gasteiger charge is -1.97. The number of halogens is 2. The van der Waals surface area contributed by atoms with Gasteiger partial charge in [0.25, 0.3) is 0 Å². The number of nitrogens with zero attached hydrogens (tertiary/aromatic N) is 1. The molecule has 5 heteroatoms. The Labute approximate surface area is 84.4 Å². The first-order valence-corrected chi connectivity index (χ1v) is 3.23. The molecule has 0 aliphatic rings. The Morgan fingerprint density at radius 2 is 2.00 bits per heavy atom. The van der Waals surface area contributed by atoms with E-state index in [4.69, 9.17) is 11.5 Å². The summed E-state index contributed by atoms with van der Waals surface area (Å²) in [7, 11) is 0. The maximum absolute atomic E-state index is 5.44. The molecule has 0 amide bonds. The second-order valence-electron chi connectivity index (χ2n) is 2.13. The molecule has 70 valence electrons. The Morgan fingerprint density at radius 1 is 1.33 bits per heavy atom. The molecule has 0 unspecified atom stereocenters. The van der Waals surface area contributed by atoms with Crippen LogP contribution in [0.25, 0.3) is 0 Å². The molecule has 0 radical (unpaired) electrons. The third kappa shape index (κ3) is 4.38. The topological polar surface area (TPSA) is 64.9 Å². The third-order valence-electron chi connectivity index (χ3n) is 1.28. The van der Waals surface area contributed by atoms with E-state index in [9.17, 15) is 0 Å². The molecule has 4 N–H and O–H groups in total. The van der Waals surface area contributed by atoms with Crippen molar-refractivity contribution in [3.05, 3.63) is 23.9 Å². The number of rotatable bonds is 2. The highest BCUT2D eigenvalue weighted by atomic mass is 35.5.